The standard InChI is InChI=1S/C9H17N7/c10-7-12-8(11)14-9(13-7)15-16-5-3-1-2-4-6-16/h1-6H2,(H5,10,11,12,13,14,15). The SMILES string of the molecule is Nc1nc(N)nc(NN2CCCCCC2)n1. The van der Waals surface area contributed by atoms with Gasteiger partial charge in [0.1, 0.15) is 0 Å². The highest BCUT2D eigenvalue weighted by molar-refractivity contribution is 5.36. The minimum absolute atomic E-state index is 0.143. The van der Waals surface area contributed by atoms with Gasteiger partial charge >= 0.3 is 0 Å². The van der Waals surface area contributed by atoms with Gasteiger partial charge in [-0.15, -0.1) is 0 Å². The fourth-order valence-corrected chi connectivity index (χ4v) is 1.78. The fraction of sp³-hybridized carbons (Fsp3) is 0.667. The number of hydrogen-bond acceptors (Lipinski definition) is 7. The van der Waals surface area contributed by atoms with Gasteiger partial charge in [-0.3, -0.25) is 5.43 Å². The summed E-state index contributed by atoms with van der Waals surface area (Å²) in [5.74, 6) is 0.710. The molecular formula is C9H17N7. The Kier molecular flexibility index (Phi) is 3.35. The maximum atomic E-state index is 5.49. The first kappa shape index (κ1) is 10.9. The van der Waals surface area contributed by atoms with Crippen molar-refractivity contribution >= 4 is 17.8 Å². The molecule has 0 aromatic carbocycles. The molecule has 7 heteroatoms. The number of nitrogen functional groups attached to an aromatic ring is 2. The molecule has 0 radical (unpaired) electrons. The number of rotatable bonds is 2. The van der Waals surface area contributed by atoms with Crippen molar-refractivity contribution in [1.82, 2.24) is 20.0 Å². The monoisotopic (exact) mass is 223 g/mol. The predicted molar refractivity (Wildman–Crippen MR) is 62.3 cm³/mol. The average molecular weight is 223 g/mol. The second kappa shape index (κ2) is 4.93. The van der Waals surface area contributed by atoms with Crippen molar-refractivity contribution in [2.75, 3.05) is 30.0 Å². The molecule has 1 aliphatic heterocycles. The van der Waals surface area contributed by atoms with Gasteiger partial charge in [0.05, 0.1) is 0 Å². The van der Waals surface area contributed by atoms with E-state index in [4.69, 9.17) is 11.5 Å². The van der Waals surface area contributed by atoms with Crippen molar-refractivity contribution in [3.8, 4) is 0 Å². The average Bonchev–Trinajstić information content (AvgIpc) is 2.44. The minimum Gasteiger partial charge on any atom is -0.368 e. The Labute approximate surface area is 94.2 Å². The molecule has 0 unspecified atom stereocenters. The van der Waals surface area contributed by atoms with Crippen LogP contribution >= 0.6 is 0 Å². The molecule has 1 aromatic heterocycles. The van der Waals surface area contributed by atoms with Gasteiger partial charge in [-0.2, -0.15) is 15.0 Å². The summed E-state index contributed by atoms with van der Waals surface area (Å²) in [6.45, 7) is 1.98. The van der Waals surface area contributed by atoms with E-state index in [1.807, 2.05) is 0 Å². The maximum Gasteiger partial charge on any atom is 0.244 e. The highest BCUT2D eigenvalue weighted by Gasteiger charge is 2.10. The van der Waals surface area contributed by atoms with E-state index in [1.54, 1.807) is 0 Å². The van der Waals surface area contributed by atoms with Gasteiger partial charge < -0.3 is 11.5 Å². The van der Waals surface area contributed by atoms with Gasteiger partial charge in [-0.05, 0) is 12.8 Å². The number of anilines is 3. The fourth-order valence-electron chi connectivity index (χ4n) is 1.78. The molecule has 1 saturated heterocycles. The summed E-state index contributed by atoms with van der Waals surface area (Å²) in [4.78, 5) is 11.7. The van der Waals surface area contributed by atoms with Gasteiger partial charge in [0.25, 0.3) is 0 Å². The third-order valence-electron chi connectivity index (χ3n) is 2.53. The third-order valence-corrected chi connectivity index (χ3v) is 2.53. The number of nitrogens with zero attached hydrogens (tertiary/aromatic N) is 4. The Hall–Kier alpha value is -1.63. The zero-order valence-electron chi connectivity index (χ0n) is 9.19. The first-order valence-electron chi connectivity index (χ1n) is 5.53. The molecule has 5 N–H and O–H groups in total. The molecule has 1 fully saturated rings. The summed E-state index contributed by atoms with van der Waals surface area (Å²) in [5, 5.41) is 2.10. The second-order valence-corrected chi connectivity index (χ2v) is 3.89. The summed E-state index contributed by atoms with van der Waals surface area (Å²) < 4.78 is 0. The summed E-state index contributed by atoms with van der Waals surface area (Å²) in [6.07, 6.45) is 4.92. The van der Waals surface area contributed by atoms with Crippen molar-refractivity contribution in [2.24, 2.45) is 0 Å². The lowest BCUT2D eigenvalue weighted by Crippen LogP contribution is -2.32. The maximum absolute atomic E-state index is 5.49. The first-order valence-corrected chi connectivity index (χ1v) is 5.53. The molecule has 0 spiro atoms. The van der Waals surface area contributed by atoms with Crippen LogP contribution in [0.3, 0.4) is 0 Å². The zero-order valence-corrected chi connectivity index (χ0v) is 9.19. The molecule has 1 aromatic rings. The lowest BCUT2D eigenvalue weighted by molar-refractivity contribution is 0.340. The molecule has 16 heavy (non-hydrogen) atoms. The van der Waals surface area contributed by atoms with Crippen LogP contribution in [0, 0.1) is 0 Å². The zero-order chi connectivity index (χ0) is 11.4. The van der Waals surface area contributed by atoms with Crippen LogP contribution in [0.5, 0.6) is 0 Å². The van der Waals surface area contributed by atoms with Crippen LogP contribution in [0.25, 0.3) is 0 Å². The van der Waals surface area contributed by atoms with Gasteiger partial charge in [0, 0.05) is 13.1 Å². The summed E-state index contributed by atoms with van der Waals surface area (Å²) in [5.41, 5.74) is 14.1. The second-order valence-electron chi connectivity index (χ2n) is 3.89. The van der Waals surface area contributed by atoms with Crippen LogP contribution in [-0.4, -0.2) is 33.1 Å². The molecule has 1 aliphatic rings. The predicted octanol–water partition coefficient (Wildman–Crippen LogP) is 0.239. The van der Waals surface area contributed by atoms with Crippen LogP contribution in [0.15, 0.2) is 0 Å². The molecule has 0 atom stereocenters. The molecule has 2 heterocycles. The van der Waals surface area contributed by atoms with Gasteiger partial charge in [0.2, 0.25) is 17.8 Å². The van der Waals surface area contributed by atoms with Crippen molar-refractivity contribution in [2.45, 2.75) is 25.7 Å². The van der Waals surface area contributed by atoms with Gasteiger partial charge in [0.15, 0.2) is 0 Å². The number of hydrazine groups is 1. The largest absolute Gasteiger partial charge is 0.368 e. The van der Waals surface area contributed by atoms with E-state index in [0.29, 0.717) is 5.95 Å². The Morgan fingerprint density at radius 1 is 0.875 bits per heavy atom. The van der Waals surface area contributed by atoms with E-state index in [-0.39, 0.29) is 11.9 Å². The molecule has 2 rings (SSSR count). The molecule has 0 saturated carbocycles. The van der Waals surface area contributed by atoms with Crippen molar-refractivity contribution in [3.63, 3.8) is 0 Å². The highest BCUT2D eigenvalue weighted by Crippen LogP contribution is 2.11. The highest BCUT2D eigenvalue weighted by atomic mass is 15.5. The third kappa shape index (κ3) is 2.93. The molecule has 0 amide bonds. The summed E-state index contributed by atoms with van der Waals surface area (Å²) in [7, 11) is 0. The van der Waals surface area contributed by atoms with E-state index >= 15 is 0 Å². The van der Waals surface area contributed by atoms with E-state index < -0.39 is 0 Å². The summed E-state index contributed by atoms with van der Waals surface area (Å²) in [6, 6.07) is 0. The first-order chi connectivity index (χ1) is 7.74. The number of aromatic nitrogens is 3. The van der Waals surface area contributed by atoms with E-state index in [2.05, 4.69) is 25.4 Å². The van der Waals surface area contributed by atoms with E-state index in [9.17, 15) is 0 Å². The summed E-state index contributed by atoms with van der Waals surface area (Å²) >= 11 is 0. The molecule has 7 nitrogen and oxygen atoms in total. The van der Waals surface area contributed by atoms with Crippen LogP contribution < -0.4 is 16.9 Å². The quantitative estimate of drug-likeness (QED) is 0.659. The van der Waals surface area contributed by atoms with Crippen molar-refractivity contribution < 1.29 is 0 Å². The van der Waals surface area contributed by atoms with Crippen LogP contribution in [-0.2, 0) is 0 Å². The minimum atomic E-state index is 0.143. The van der Waals surface area contributed by atoms with Gasteiger partial charge in [-0.1, -0.05) is 12.8 Å². The Balaban J connectivity index is 2.01. The number of hydrogen-bond donors (Lipinski definition) is 3. The van der Waals surface area contributed by atoms with Crippen LogP contribution in [0.4, 0.5) is 17.8 Å². The van der Waals surface area contributed by atoms with Crippen LogP contribution in [0.1, 0.15) is 25.7 Å². The molecule has 0 bridgehead atoms. The number of nitrogens with one attached hydrogen (secondary N) is 1. The molecule has 0 aliphatic carbocycles. The van der Waals surface area contributed by atoms with E-state index in [1.165, 1.54) is 25.7 Å². The molecule has 88 valence electrons. The van der Waals surface area contributed by atoms with Crippen molar-refractivity contribution in [1.29, 1.82) is 0 Å². The lowest BCUT2D eigenvalue weighted by Gasteiger charge is -2.20. The lowest BCUT2D eigenvalue weighted by atomic mass is 10.2. The Morgan fingerprint density at radius 2 is 1.44 bits per heavy atom. The Morgan fingerprint density at radius 3 is 2.00 bits per heavy atom. The topological polar surface area (TPSA) is 106 Å². The van der Waals surface area contributed by atoms with Crippen molar-refractivity contribution in [3.05, 3.63) is 0 Å². The Bertz CT molecular complexity index is 325. The normalized spacial score (nSPS) is 18.0. The van der Waals surface area contributed by atoms with Gasteiger partial charge in [-0.25, -0.2) is 5.01 Å². The molecular weight excluding hydrogens is 206 g/mol. The van der Waals surface area contributed by atoms with E-state index in [0.717, 1.165) is 13.1 Å². The number of nitrogens with two attached hydrogens (primary N) is 2. The van der Waals surface area contributed by atoms with Crippen LogP contribution in [0.2, 0.25) is 0 Å². The smallest absolute Gasteiger partial charge is 0.244 e.